The Morgan fingerprint density at radius 2 is 0.967 bits per heavy atom. The number of hydrogen-bond donors (Lipinski definition) is 0. The molecule has 0 atom stereocenters. The molecule has 4 nitrogen and oxygen atoms in total. The van der Waals surface area contributed by atoms with Crippen molar-refractivity contribution in [3.63, 3.8) is 0 Å². The van der Waals surface area contributed by atoms with Crippen LogP contribution in [0.25, 0.3) is 22.3 Å². The first-order valence-corrected chi connectivity index (χ1v) is 11.6. The van der Waals surface area contributed by atoms with Gasteiger partial charge < -0.3 is 9.47 Å². The first-order chi connectivity index (χ1) is 14.6. The van der Waals surface area contributed by atoms with E-state index >= 15 is 0 Å². The first kappa shape index (κ1) is 22.0. The van der Waals surface area contributed by atoms with Crippen molar-refractivity contribution < 1.29 is 19.1 Å². The zero-order chi connectivity index (χ0) is 21.7. The van der Waals surface area contributed by atoms with Crippen molar-refractivity contribution in [2.24, 2.45) is 0 Å². The van der Waals surface area contributed by atoms with E-state index in [1.165, 1.54) is 37.7 Å². The smallest absolute Gasteiger partial charge is 0.339 e. The molecule has 3 rings (SSSR count). The summed E-state index contributed by atoms with van der Waals surface area (Å²) in [5.41, 5.74) is 3.47. The second-order valence-electron chi connectivity index (χ2n) is 6.28. The second-order valence-corrected chi connectivity index (χ2v) is 7.91. The SMILES string of the molecule is COC(=O)c1c(C(=O)OC)c(-c2ccccc2)c(SC)c(SC)c1-c1ccccc1. The number of rotatable bonds is 6. The summed E-state index contributed by atoms with van der Waals surface area (Å²) in [6.07, 6.45) is 3.93. The molecule has 3 aromatic rings. The second kappa shape index (κ2) is 9.87. The third kappa shape index (κ3) is 3.98. The van der Waals surface area contributed by atoms with Crippen molar-refractivity contribution in [1.82, 2.24) is 0 Å². The highest BCUT2D eigenvalue weighted by atomic mass is 32.2. The monoisotopic (exact) mass is 438 g/mol. The molecule has 154 valence electrons. The van der Waals surface area contributed by atoms with Crippen LogP contribution in [0.15, 0.2) is 70.5 Å². The zero-order valence-corrected chi connectivity index (χ0v) is 18.9. The Hall–Kier alpha value is -2.70. The van der Waals surface area contributed by atoms with Gasteiger partial charge in [0.05, 0.1) is 25.3 Å². The number of carbonyl (C=O) groups is 2. The summed E-state index contributed by atoms with van der Waals surface area (Å²) in [7, 11) is 2.64. The van der Waals surface area contributed by atoms with E-state index in [1.54, 1.807) is 0 Å². The third-order valence-electron chi connectivity index (χ3n) is 4.72. The topological polar surface area (TPSA) is 52.6 Å². The van der Waals surface area contributed by atoms with Crippen molar-refractivity contribution in [2.75, 3.05) is 26.7 Å². The summed E-state index contributed by atoms with van der Waals surface area (Å²) in [5.74, 6) is -1.15. The molecule has 0 N–H and O–H groups in total. The molecule has 0 heterocycles. The van der Waals surface area contributed by atoms with E-state index in [0.29, 0.717) is 11.1 Å². The van der Waals surface area contributed by atoms with Crippen LogP contribution in [-0.2, 0) is 9.47 Å². The minimum absolute atomic E-state index is 0.219. The van der Waals surface area contributed by atoms with Crippen LogP contribution in [0, 0.1) is 0 Å². The van der Waals surface area contributed by atoms with Gasteiger partial charge in [-0.3, -0.25) is 0 Å². The number of ether oxygens (including phenoxy) is 2. The first-order valence-electron chi connectivity index (χ1n) is 9.18. The number of benzene rings is 3. The standard InChI is InChI=1S/C24H22O4S2/c1-27-23(25)19-17(15-11-7-5-8-12-15)21(29-3)22(30-4)18(20(19)24(26)28-2)16-13-9-6-10-14-16/h5-14H,1-4H3. The van der Waals surface area contributed by atoms with Crippen molar-refractivity contribution in [3.05, 3.63) is 71.8 Å². The van der Waals surface area contributed by atoms with Crippen LogP contribution >= 0.6 is 23.5 Å². The Morgan fingerprint density at radius 1 is 0.633 bits per heavy atom. The van der Waals surface area contributed by atoms with E-state index in [-0.39, 0.29) is 11.1 Å². The Bertz CT molecular complexity index is 977. The van der Waals surface area contributed by atoms with Crippen molar-refractivity contribution in [3.8, 4) is 22.3 Å². The fourth-order valence-corrected chi connectivity index (χ4v) is 5.39. The lowest BCUT2D eigenvalue weighted by Crippen LogP contribution is -2.17. The van der Waals surface area contributed by atoms with Gasteiger partial charge in [-0.2, -0.15) is 0 Å². The van der Waals surface area contributed by atoms with Crippen molar-refractivity contribution >= 4 is 35.5 Å². The summed E-state index contributed by atoms with van der Waals surface area (Å²) in [6, 6.07) is 19.1. The van der Waals surface area contributed by atoms with Gasteiger partial charge in [-0.25, -0.2) is 9.59 Å². The average Bonchev–Trinajstić information content (AvgIpc) is 2.82. The number of carbonyl (C=O) groups excluding carboxylic acids is 2. The van der Waals surface area contributed by atoms with Gasteiger partial charge in [0, 0.05) is 20.9 Å². The van der Waals surface area contributed by atoms with Gasteiger partial charge in [-0.05, 0) is 23.6 Å². The van der Waals surface area contributed by atoms with E-state index in [4.69, 9.17) is 9.47 Å². The summed E-state index contributed by atoms with van der Waals surface area (Å²) < 4.78 is 10.3. The van der Waals surface area contributed by atoms with E-state index in [9.17, 15) is 9.59 Å². The molecule has 6 heteroatoms. The molecule has 0 amide bonds. The number of hydrogen-bond acceptors (Lipinski definition) is 6. The molecular formula is C24H22O4S2. The molecule has 0 aliphatic heterocycles. The molecule has 30 heavy (non-hydrogen) atoms. The summed E-state index contributed by atoms with van der Waals surface area (Å²) in [5, 5.41) is 0. The van der Waals surface area contributed by atoms with Crippen LogP contribution < -0.4 is 0 Å². The Labute approximate surface area is 185 Å². The third-order valence-corrected chi connectivity index (χ3v) is 6.48. The average molecular weight is 439 g/mol. The van der Waals surface area contributed by atoms with Gasteiger partial charge in [0.25, 0.3) is 0 Å². The Kier molecular flexibility index (Phi) is 7.24. The van der Waals surface area contributed by atoms with Crippen LogP contribution in [-0.4, -0.2) is 38.7 Å². The number of methoxy groups -OCH3 is 2. The van der Waals surface area contributed by atoms with Gasteiger partial charge in [0.15, 0.2) is 0 Å². The highest BCUT2D eigenvalue weighted by Gasteiger charge is 2.32. The number of thioether (sulfide) groups is 2. The molecular weight excluding hydrogens is 416 g/mol. The van der Waals surface area contributed by atoms with Gasteiger partial charge in [-0.15, -0.1) is 23.5 Å². The summed E-state index contributed by atoms with van der Waals surface area (Å²) >= 11 is 3.08. The van der Waals surface area contributed by atoms with E-state index < -0.39 is 11.9 Å². The van der Waals surface area contributed by atoms with Gasteiger partial charge >= 0.3 is 11.9 Å². The van der Waals surface area contributed by atoms with Gasteiger partial charge in [0.2, 0.25) is 0 Å². The minimum Gasteiger partial charge on any atom is -0.465 e. The van der Waals surface area contributed by atoms with Crippen LogP contribution in [0.5, 0.6) is 0 Å². The largest absolute Gasteiger partial charge is 0.465 e. The van der Waals surface area contributed by atoms with Gasteiger partial charge in [0.1, 0.15) is 0 Å². The van der Waals surface area contributed by atoms with Crippen molar-refractivity contribution in [2.45, 2.75) is 9.79 Å². The van der Waals surface area contributed by atoms with Crippen LogP contribution in [0.3, 0.4) is 0 Å². The molecule has 0 aromatic heterocycles. The summed E-state index contributed by atoms with van der Waals surface area (Å²) in [4.78, 5) is 27.9. The van der Waals surface area contributed by atoms with Crippen LogP contribution in [0.4, 0.5) is 0 Å². The molecule has 0 aliphatic carbocycles. The van der Waals surface area contributed by atoms with Gasteiger partial charge in [-0.1, -0.05) is 60.7 Å². The molecule has 0 radical (unpaired) electrons. The molecule has 0 spiro atoms. The quantitative estimate of drug-likeness (QED) is 0.346. The molecule has 0 saturated heterocycles. The lowest BCUT2D eigenvalue weighted by molar-refractivity contribution is 0.0556. The molecule has 3 aromatic carbocycles. The fourth-order valence-electron chi connectivity index (χ4n) is 3.47. The molecule has 0 fully saturated rings. The maximum atomic E-state index is 13.1. The predicted octanol–water partition coefficient (Wildman–Crippen LogP) is 6.04. The van der Waals surface area contributed by atoms with E-state index in [1.807, 2.05) is 73.2 Å². The fraction of sp³-hybridized carbons (Fsp3) is 0.167. The summed E-state index contributed by atoms with van der Waals surface area (Å²) in [6.45, 7) is 0. The zero-order valence-electron chi connectivity index (χ0n) is 17.2. The molecule has 0 aliphatic rings. The minimum atomic E-state index is -0.575. The van der Waals surface area contributed by atoms with Crippen molar-refractivity contribution in [1.29, 1.82) is 0 Å². The van der Waals surface area contributed by atoms with Crippen LogP contribution in [0.2, 0.25) is 0 Å². The van der Waals surface area contributed by atoms with E-state index in [0.717, 1.165) is 20.9 Å². The Balaban J connectivity index is 2.60. The molecule has 0 bridgehead atoms. The molecule has 0 unspecified atom stereocenters. The maximum Gasteiger partial charge on any atom is 0.339 e. The highest BCUT2D eigenvalue weighted by Crippen LogP contribution is 2.48. The highest BCUT2D eigenvalue weighted by molar-refractivity contribution is 8.01. The van der Waals surface area contributed by atoms with E-state index in [2.05, 4.69) is 0 Å². The predicted molar refractivity (Wildman–Crippen MR) is 124 cm³/mol. The number of esters is 2. The van der Waals surface area contributed by atoms with Crippen LogP contribution in [0.1, 0.15) is 20.7 Å². The lowest BCUT2D eigenvalue weighted by Gasteiger charge is -2.23. The molecule has 0 saturated carbocycles. The maximum absolute atomic E-state index is 13.1. The lowest BCUT2D eigenvalue weighted by atomic mass is 9.88. The Morgan fingerprint density at radius 3 is 1.23 bits per heavy atom. The normalized spacial score (nSPS) is 10.5.